The predicted molar refractivity (Wildman–Crippen MR) is 74.5 cm³/mol. The minimum absolute atomic E-state index is 0. The van der Waals surface area contributed by atoms with Crippen molar-refractivity contribution in [1.82, 2.24) is 10.0 Å². The maximum atomic E-state index is 13.4. The van der Waals surface area contributed by atoms with E-state index in [1.807, 2.05) is 0 Å². The lowest BCUT2D eigenvalue weighted by Crippen LogP contribution is -2.43. The van der Waals surface area contributed by atoms with Gasteiger partial charge in [0.25, 0.3) is 0 Å². The summed E-state index contributed by atoms with van der Waals surface area (Å²) in [5, 5.41) is 3.24. The number of nitrogens with one attached hydrogen (secondary N) is 2. The second kappa shape index (κ2) is 7.19. The smallest absolute Gasteiger partial charge is 0.243 e. The first-order chi connectivity index (χ1) is 8.59. The third kappa shape index (κ3) is 4.42. The molecule has 0 radical (unpaired) electrons. The molecule has 1 heterocycles. The second-order valence-electron chi connectivity index (χ2n) is 4.43. The Kier molecular flexibility index (Phi) is 6.19. The van der Waals surface area contributed by atoms with Gasteiger partial charge in [0.1, 0.15) is 10.7 Å². The maximum absolute atomic E-state index is 13.4. The molecule has 1 aliphatic heterocycles. The van der Waals surface area contributed by atoms with Gasteiger partial charge in [-0.15, -0.1) is 12.4 Å². The van der Waals surface area contributed by atoms with E-state index in [0.717, 1.165) is 31.9 Å². The van der Waals surface area contributed by atoms with Crippen LogP contribution in [0.3, 0.4) is 0 Å². The molecule has 1 unspecified atom stereocenters. The first kappa shape index (κ1) is 16.4. The van der Waals surface area contributed by atoms with Crippen LogP contribution >= 0.6 is 12.4 Å². The van der Waals surface area contributed by atoms with Crippen LogP contribution in [0.1, 0.15) is 19.3 Å². The van der Waals surface area contributed by atoms with E-state index in [1.54, 1.807) is 0 Å². The van der Waals surface area contributed by atoms with E-state index in [9.17, 15) is 12.8 Å². The molecule has 1 saturated heterocycles. The standard InChI is InChI=1S/C12H17FN2O2S.ClH/c13-11-6-1-2-7-12(11)18(16,17)15-9-10-5-3-4-8-14-10;/h1-2,6-7,10,14-15H,3-5,8-9H2;1H. The highest BCUT2D eigenvalue weighted by Crippen LogP contribution is 2.13. The van der Waals surface area contributed by atoms with Crippen molar-refractivity contribution in [2.24, 2.45) is 0 Å². The van der Waals surface area contributed by atoms with Gasteiger partial charge in [-0.2, -0.15) is 0 Å². The Hall–Kier alpha value is -0.690. The van der Waals surface area contributed by atoms with Crippen molar-refractivity contribution >= 4 is 22.4 Å². The van der Waals surface area contributed by atoms with Crippen LogP contribution in [0.25, 0.3) is 0 Å². The molecule has 2 rings (SSSR count). The second-order valence-corrected chi connectivity index (χ2v) is 6.16. The van der Waals surface area contributed by atoms with Gasteiger partial charge in [0.2, 0.25) is 10.0 Å². The zero-order chi connectivity index (χ0) is 13.0. The molecule has 0 amide bonds. The molecule has 0 aromatic heterocycles. The Morgan fingerprint density at radius 3 is 2.68 bits per heavy atom. The fourth-order valence-corrected chi connectivity index (χ4v) is 3.21. The van der Waals surface area contributed by atoms with E-state index >= 15 is 0 Å². The number of rotatable bonds is 4. The number of sulfonamides is 1. The fourth-order valence-electron chi connectivity index (χ4n) is 2.05. The van der Waals surface area contributed by atoms with Gasteiger partial charge in [-0.1, -0.05) is 18.6 Å². The zero-order valence-electron chi connectivity index (χ0n) is 10.4. The van der Waals surface area contributed by atoms with Crippen LogP contribution in [0, 0.1) is 5.82 Å². The highest BCUT2D eigenvalue weighted by molar-refractivity contribution is 7.89. The molecular formula is C12H18ClFN2O2S. The number of halogens is 2. The van der Waals surface area contributed by atoms with Crippen molar-refractivity contribution in [1.29, 1.82) is 0 Å². The Morgan fingerprint density at radius 2 is 2.05 bits per heavy atom. The molecule has 0 aliphatic carbocycles. The van der Waals surface area contributed by atoms with E-state index < -0.39 is 15.8 Å². The summed E-state index contributed by atoms with van der Waals surface area (Å²) < 4.78 is 39.7. The maximum Gasteiger partial charge on any atom is 0.243 e. The topological polar surface area (TPSA) is 58.2 Å². The van der Waals surface area contributed by atoms with Crippen molar-refractivity contribution in [2.45, 2.75) is 30.2 Å². The normalized spacial score (nSPS) is 19.7. The summed E-state index contributed by atoms with van der Waals surface area (Å²) in [6.45, 7) is 1.21. The van der Waals surface area contributed by atoms with E-state index in [1.165, 1.54) is 18.2 Å². The number of hydrogen-bond acceptors (Lipinski definition) is 3. The van der Waals surface area contributed by atoms with Crippen molar-refractivity contribution < 1.29 is 12.8 Å². The number of hydrogen-bond donors (Lipinski definition) is 2. The van der Waals surface area contributed by atoms with Gasteiger partial charge in [0, 0.05) is 12.6 Å². The lowest BCUT2D eigenvalue weighted by Gasteiger charge is -2.23. The van der Waals surface area contributed by atoms with Crippen LogP contribution in [0.5, 0.6) is 0 Å². The van der Waals surface area contributed by atoms with Gasteiger partial charge >= 0.3 is 0 Å². The van der Waals surface area contributed by atoms with Crippen molar-refractivity contribution in [2.75, 3.05) is 13.1 Å². The molecule has 1 aromatic rings. The zero-order valence-corrected chi connectivity index (χ0v) is 12.1. The van der Waals surface area contributed by atoms with Gasteiger partial charge in [-0.25, -0.2) is 17.5 Å². The third-order valence-corrected chi connectivity index (χ3v) is 4.52. The van der Waals surface area contributed by atoms with Gasteiger partial charge in [-0.3, -0.25) is 0 Å². The monoisotopic (exact) mass is 308 g/mol. The summed E-state index contributed by atoms with van der Waals surface area (Å²) in [7, 11) is -3.76. The molecule has 0 bridgehead atoms. The van der Waals surface area contributed by atoms with Gasteiger partial charge in [-0.05, 0) is 31.5 Å². The molecule has 0 spiro atoms. The summed E-state index contributed by atoms with van der Waals surface area (Å²) >= 11 is 0. The highest BCUT2D eigenvalue weighted by Gasteiger charge is 2.20. The van der Waals surface area contributed by atoms with Crippen LogP contribution in [0.2, 0.25) is 0 Å². The predicted octanol–water partition coefficient (Wildman–Crippen LogP) is 1.67. The summed E-state index contributed by atoms with van der Waals surface area (Å²) in [5.74, 6) is -0.721. The quantitative estimate of drug-likeness (QED) is 0.889. The van der Waals surface area contributed by atoms with Crippen LogP contribution < -0.4 is 10.0 Å². The molecule has 108 valence electrons. The molecule has 1 fully saturated rings. The Morgan fingerprint density at radius 1 is 1.32 bits per heavy atom. The Bertz CT molecular complexity index is 504. The summed E-state index contributed by atoms with van der Waals surface area (Å²) in [5.41, 5.74) is 0. The third-order valence-electron chi connectivity index (χ3n) is 3.06. The van der Waals surface area contributed by atoms with Gasteiger partial charge in [0.15, 0.2) is 0 Å². The van der Waals surface area contributed by atoms with E-state index in [2.05, 4.69) is 10.0 Å². The molecule has 7 heteroatoms. The largest absolute Gasteiger partial charge is 0.313 e. The highest BCUT2D eigenvalue weighted by atomic mass is 35.5. The van der Waals surface area contributed by atoms with E-state index in [-0.39, 0.29) is 23.3 Å². The van der Waals surface area contributed by atoms with Crippen molar-refractivity contribution in [3.8, 4) is 0 Å². The average molecular weight is 309 g/mol. The van der Waals surface area contributed by atoms with Crippen LogP contribution in [-0.2, 0) is 10.0 Å². The number of benzene rings is 1. The molecule has 1 aromatic carbocycles. The van der Waals surface area contributed by atoms with Crippen LogP contribution in [0.15, 0.2) is 29.2 Å². The Balaban J connectivity index is 0.00000180. The fraction of sp³-hybridized carbons (Fsp3) is 0.500. The van der Waals surface area contributed by atoms with E-state index in [0.29, 0.717) is 6.54 Å². The number of piperidine rings is 1. The first-order valence-corrected chi connectivity index (χ1v) is 7.55. The summed E-state index contributed by atoms with van der Waals surface area (Å²) in [4.78, 5) is -0.291. The first-order valence-electron chi connectivity index (χ1n) is 6.07. The summed E-state index contributed by atoms with van der Waals surface area (Å²) in [6.07, 6.45) is 3.16. The average Bonchev–Trinajstić information content (AvgIpc) is 2.38. The van der Waals surface area contributed by atoms with Crippen LogP contribution in [0.4, 0.5) is 4.39 Å². The van der Waals surface area contributed by atoms with E-state index in [4.69, 9.17) is 0 Å². The minimum Gasteiger partial charge on any atom is -0.313 e. The van der Waals surface area contributed by atoms with Crippen LogP contribution in [-0.4, -0.2) is 27.5 Å². The summed E-state index contributed by atoms with van der Waals surface area (Å²) in [6, 6.07) is 5.53. The molecule has 0 saturated carbocycles. The molecule has 19 heavy (non-hydrogen) atoms. The molecule has 4 nitrogen and oxygen atoms in total. The molecule has 1 atom stereocenters. The Labute approximate surface area is 119 Å². The molecular weight excluding hydrogens is 291 g/mol. The minimum atomic E-state index is -3.76. The van der Waals surface area contributed by atoms with Crippen molar-refractivity contribution in [3.63, 3.8) is 0 Å². The lowest BCUT2D eigenvalue weighted by atomic mass is 10.1. The van der Waals surface area contributed by atoms with Gasteiger partial charge < -0.3 is 5.32 Å². The van der Waals surface area contributed by atoms with Gasteiger partial charge in [0.05, 0.1) is 0 Å². The molecule has 2 N–H and O–H groups in total. The van der Waals surface area contributed by atoms with Crippen molar-refractivity contribution in [3.05, 3.63) is 30.1 Å². The SMILES string of the molecule is Cl.O=S(=O)(NCC1CCCCN1)c1ccccc1F. The molecule has 1 aliphatic rings. The lowest BCUT2D eigenvalue weighted by molar-refractivity contribution is 0.398.